The minimum Gasteiger partial charge on any atom is -0.489 e. The number of nitrogens with zero attached hydrogens (tertiary/aromatic N) is 1. The second-order valence-corrected chi connectivity index (χ2v) is 9.40. The third-order valence-corrected chi connectivity index (χ3v) is 6.59. The van der Waals surface area contributed by atoms with Crippen LogP contribution in [0.3, 0.4) is 0 Å². The van der Waals surface area contributed by atoms with Gasteiger partial charge in [0.15, 0.2) is 0 Å². The van der Waals surface area contributed by atoms with Crippen LogP contribution in [0.15, 0.2) is 54.6 Å². The molecular weight excluding hydrogens is 456 g/mol. The highest BCUT2D eigenvalue weighted by Gasteiger charge is 2.38. The SMILES string of the molecule is Cc1ccc(NC(=O)c2ccc3c(c2)C(=O)N(c2cc(C)ccc2C)C3=O)c(OCC2CCCO2)c1. The van der Waals surface area contributed by atoms with Gasteiger partial charge in [-0.05, 0) is 86.7 Å². The van der Waals surface area contributed by atoms with Crippen LogP contribution >= 0.6 is 0 Å². The Bertz CT molecular complexity index is 1370. The van der Waals surface area contributed by atoms with Gasteiger partial charge in [0, 0.05) is 12.2 Å². The van der Waals surface area contributed by atoms with Gasteiger partial charge in [0.2, 0.25) is 0 Å². The largest absolute Gasteiger partial charge is 0.489 e. The highest BCUT2D eigenvalue weighted by molar-refractivity contribution is 6.35. The topological polar surface area (TPSA) is 84.9 Å². The van der Waals surface area contributed by atoms with Crippen molar-refractivity contribution in [3.8, 4) is 5.75 Å². The zero-order chi connectivity index (χ0) is 25.4. The minimum absolute atomic E-state index is 0.0503. The number of imide groups is 1. The van der Waals surface area contributed by atoms with E-state index in [9.17, 15) is 14.4 Å². The number of carbonyl (C=O) groups is 3. The predicted molar refractivity (Wildman–Crippen MR) is 137 cm³/mol. The summed E-state index contributed by atoms with van der Waals surface area (Å²) in [5.74, 6) is -0.658. The summed E-state index contributed by atoms with van der Waals surface area (Å²) in [6.07, 6.45) is 2.02. The molecule has 3 amide bonds. The number of hydrogen-bond acceptors (Lipinski definition) is 5. The third-order valence-electron chi connectivity index (χ3n) is 6.59. The number of aryl methyl sites for hydroxylation is 3. The Labute approximate surface area is 210 Å². The molecule has 3 aromatic carbocycles. The zero-order valence-electron chi connectivity index (χ0n) is 20.6. The quantitative estimate of drug-likeness (QED) is 0.485. The molecule has 0 bridgehead atoms. The Balaban J connectivity index is 1.37. The van der Waals surface area contributed by atoms with Crippen LogP contribution in [0.2, 0.25) is 0 Å². The molecule has 3 aromatic rings. The van der Waals surface area contributed by atoms with E-state index in [1.807, 2.05) is 51.1 Å². The fourth-order valence-corrected chi connectivity index (χ4v) is 4.57. The molecule has 2 aliphatic heterocycles. The fraction of sp³-hybridized carbons (Fsp3) is 0.276. The highest BCUT2D eigenvalue weighted by Crippen LogP contribution is 2.32. The summed E-state index contributed by atoms with van der Waals surface area (Å²) >= 11 is 0. The number of rotatable bonds is 6. The summed E-state index contributed by atoms with van der Waals surface area (Å²) in [5, 5.41) is 2.89. The van der Waals surface area contributed by atoms with Gasteiger partial charge in [0.05, 0.1) is 28.6 Å². The number of carbonyl (C=O) groups excluding carboxylic acids is 3. The Kier molecular flexibility index (Phi) is 6.33. The van der Waals surface area contributed by atoms with E-state index < -0.39 is 11.8 Å². The van der Waals surface area contributed by atoms with Crippen molar-refractivity contribution in [2.75, 3.05) is 23.4 Å². The smallest absolute Gasteiger partial charge is 0.266 e. The lowest BCUT2D eigenvalue weighted by atomic mass is 10.1. The average molecular weight is 485 g/mol. The lowest BCUT2D eigenvalue weighted by Gasteiger charge is -2.17. The molecule has 0 spiro atoms. The van der Waals surface area contributed by atoms with Gasteiger partial charge in [-0.25, -0.2) is 4.90 Å². The van der Waals surface area contributed by atoms with Crippen molar-refractivity contribution in [1.29, 1.82) is 0 Å². The first kappa shape index (κ1) is 23.8. The fourth-order valence-electron chi connectivity index (χ4n) is 4.57. The number of ether oxygens (including phenoxy) is 2. The molecule has 0 aliphatic carbocycles. The maximum absolute atomic E-state index is 13.2. The first-order valence-electron chi connectivity index (χ1n) is 12.1. The Morgan fingerprint density at radius 3 is 2.50 bits per heavy atom. The number of amides is 3. The molecule has 1 saturated heterocycles. The van der Waals surface area contributed by atoms with Crippen LogP contribution in [0, 0.1) is 20.8 Å². The molecule has 2 heterocycles. The molecule has 36 heavy (non-hydrogen) atoms. The second-order valence-electron chi connectivity index (χ2n) is 9.40. The van der Waals surface area contributed by atoms with E-state index in [4.69, 9.17) is 9.47 Å². The van der Waals surface area contributed by atoms with E-state index in [0.29, 0.717) is 23.7 Å². The van der Waals surface area contributed by atoms with Crippen molar-refractivity contribution in [1.82, 2.24) is 0 Å². The standard InChI is InChI=1S/C29H28N2O5/c1-17-6-8-19(3)25(13-17)31-28(33)22-10-9-20(15-23(22)29(31)34)27(32)30-24-11-7-18(2)14-26(24)36-16-21-5-4-12-35-21/h6-11,13-15,21H,4-5,12,16H2,1-3H3,(H,30,32). The van der Waals surface area contributed by atoms with Crippen molar-refractivity contribution in [2.45, 2.75) is 39.7 Å². The summed E-state index contributed by atoms with van der Waals surface area (Å²) in [7, 11) is 0. The van der Waals surface area contributed by atoms with Crippen LogP contribution in [0.4, 0.5) is 11.4 Å². The first-order chi connectivity index (χ1) is 17.3. The summed E-state index contributed by atoms with van der Waals surface area (Å²) in [4.78, 5) is 40.7. The van der Waals surface area contributed by atoms with Crippen molar-refractivity contribution in [3.05, 3.63) is 88.0 Å². The Morgan fingerprint density at radius 2 is 1.72 bits per heavy atom. The van der Waals surface area contributed by atoms with Crippen LogP contribution in [-0.4, -0.2) is 37.0 Å². The molecule has 0 radical (unpaired) electrons. The second kappa shape index (κ2) is 9.59. The van der Waals surface area contributed by atoms with E-state index in [2.05, 4.69) is 5.32 Å². The van der Waals surface area contributed by atoms with Gasteiger partial charge in [0.25, 0.3) is 17.7 Å². The van der Waals surface area contributed by atoms with Crippen LogP contribution in [0.1, 0.15) is 60.6 Å². The first-order valence-corrected chi connectivity index (χ1v) is 12.1. The van der Waals surface area contributed by atoms with Gasteiger partial charge in [-0.2, -0.15) is 0 Å². The van der Waals surface area contributed by atoms with E-state index in [0.717, 1.165) is 36.1 Å². The molecule has 1 atom stereocenters. The Morgan fingerprint density at radius 1 is 0.972 bits per heavy atom. The van der Waals surface area contributed by atoms with Gasteiger partial charge in [-0.1, -0.05) is 18.2 Å². The van der Waals surface area contributed by atoms with Gasteiger partial charge in [-0.15, -0.1) is 0 Å². The van der Waals surface area contributed by atoms with E-state index in [-0.39, 0.29) is 28.7 Å². The van der Waals surface area contributed by atoms with Crippen LogP contribution in [0.25, 0.3) is 0 Å². The maximum Gasteiger partial charge on any atom is 0.266 e. The summed E-state index contributed by atoms with van der Waals surface area (Å²) in [6, 6.07) is 15.8. The van der Waals surface area contributed by atoms with Gasteiger partial charge < -0.3 is 14.8 Å². The molecule has 184 valence electrons. The minimum atomic E-state index is -0.436. The highest BCUT2D eigenvalue weighted by atomic mass is 16.5. The van der Waals surface area contributed by atoms with Gasteiger partial charge in [-0.3, -0.25) is 14.4 Å². The number of hydrogen-bond donors (Lipinski definition) is 1. The monoisotopic (exact) mass is 484 g/mol. The van der Waals surface area contributed by atoms with Crippen molar-refractivity contribution >= 4 is 29.1 Å². The third kappa shape index (κ3) is 4.50. The van der Waals surface area contributed by atoms with Crippen molar-refractivity contribution < 1.29 is 23.9 Å². The van der Waals surface area contributed by atoms with E-state index in [1.165, 1.54) is 11.0 Å². The normalized spacial score (nSPS) is 16.9. The summed E-state index contributed by atoms with van der Waals surface area (Å²) in [5.41, 5.74) is 4.64. The summed E-state index contributed by atoms with van der Waals surface area (Å²) in [6.45, 7) is 6.88. The zero-order valence-corrected chi connectivity index (χ0v) is 20.6. The number of benzene rings is 3. The molecular formula is C29H28N2O5. The maximum atomic E-state index is 13.2. The van der Waals surface area contributed by atoms with Gasteiger partial charge in [0.1, 0.15) is 12.4 Å². The van der Waals surface area contributed by atoms with E-state index in [1.54, 1.807) is 18.2 Å². The molecule has 1 N–H and O–H groups in total. The van der Waals surface area contributed by atoms with E-state index >= 15 is 0 Å². The van der Waals surface area contributed by atoms with Gasteiger partial charge >= 0.3 is 0 Å². The lowest BCUT2D eigenvalue weighted by Crippen LogP contribution is -2.30. The summed E-state index contributed by atoms with van der Waals surface area (Å²) < 4.78 is 11.6. The van der Waals surface area contributed by atoms with Crippen LogP contribution in [0.5, 0.6) is 5.75 Å². The number of nitrogens with one attached hydrogen (secondary N) is 1. The molecule has 7 nitrogen and oxygen atoms in total. The van der Waals surface area contributed by atoms with Crippen LogP contribution in [-0.2, 0) is 4.74 Å². The number of anilines is 2. The molecule has 0 aromatic heterocycles. The Hall–Kier alpha value is -3.97. The molecule has 1 fully saturated rings. The molecule has 0 saturated carbocycles. The molecule has 7 heteroatoms. The lowest BCUT2D eigenvalue weighted by molar-refractivity contribution is 0.0681. The van der Waals surface area contributed by atoms with Crippen LogP contribution < -0.4 is 15.0 Å². The average Bonchev–Trinajstić information content (AvgIpc) is 3.47. The number of fused-ring (bicyclic) bond motifs is 1. The molecule has 5 rings (SSSR count). The molecule has 2 aliphatic rings. The van der Waals surface area contributed by atoms with Crippen molar-refractivity contribution in [2.24, 2.45) is 0 Å². The van der Waals surface area contributed by atoms with Crippen molar-refractivity contribution in [3.63, 3.8) is 0 Å². The molecule has 1 unspecified atom stereocenters. The predicted octanol–water partition coefficient (Wildman–Crippen LogP) is 5.22.